The summed E-state index contributed by atoms with van der Waals surface area (Å²) in [6, 6.07) is 14.6. The molecule has 0 unspecified atom stereocenters. The van der Waals surface area contributed by atoms with Gasteiger partial charge < -0.3 is 14.8 Å². The van der Waals surface area contributed by atoms with Gasteiger partial charge in [0.15, 0.2) is 5.11 Å². The van der Waals surface area contributed by atoms with E-state index < -0.39 is 0 Å². The smallest absolute Gasteiger partial charge is 0.337 e. The van der Waals surface area contributed by atoms with Gasteiger partial charge in [0.25, 0.3) is 0 Å². The van der Waals surface area contributed by atoms with Crippen molar-refractivity contribution in [3.8, 4) is 5.75 Å². The Morgan fingerprint density at radius 3 is 2.44 bits per heavy atom. The summed E-state index contributed by atoms with van der Waals surface area (Å²) in [7, 11) is 3.08. The van der Waals surface area contributed by atoms with Gasteiger partial charge in [-0.25, -0.2) is 4.79 Å². The molecule has 2 N–H and O–H groups in total. The van der Waals surface area contributed by atoms with Gasteiger partial charge in [0.1, 0.15) is 12.4 Å². The summed E-state index contributed by atoms with van der Waals surface area (Å²) >= 11 is 4.92. The molecule has 25 heavy (non-hydrogen) atoms. The van der Waals surface area contributed by atoms with Crippen molar-refractivity contribution in [2.45, 2.75) is 6.61 Å². The first kappa shape index (κ1) is 18.4. The van der Waals surface area contributed by atoms with Gasteiger partial charge in [0.2, 0.25) is 0 Å². The number of nitrogens with one attached hydrogen (secondary N) is 2. The van der Waals surface area contributed by atoms with Crippen LogP contribution >= 0.6 is 12.2 Å². The van der Waals surface area contributed by atoms with Crippen LogP contribution in [0.15, 0.2) is 53.6 Å². The summed E-state index contributed by atoms with van der Waals surface area (Å²) in [4.78, 5) is 11.4. The van der Waals surface area contributed by atoms with Gasteiger partial charge >= 0.3 is 5.97 Å². The number of nitrogens with zero attached hydrogens (tertiary/aromatic N) is 1. The molecule has 0 aromatic heterocycles. The molecule has 2 aromatic rings. The van der Waals surface area contributed by atoms with Crippen LogP contribution in [0.4, 0.5) is 0 Å². The standard InChI is InChI=1S/C18H19N3O3S/c1-19-18(25)21-20-11-13-5-9-16(10-6-13)24-12-14-3-7-15(8-4-14)17(22)23-2/h3-11H,12H2,1-2H3,(H2,19,21,25)/b20-11+. The van der Waals surface area contributed by atoms with Crippen molar-refractivity contribution in [2.75, 3.05) is 14.2 Å². The highest BCUT2D eigenvalue weighted by Crippen LogP contribution is 2.14. The fourth-order valence-electron chi connectivity index (χ4n) is 1.89. The molecular weight excluding hydrogens is 338 g/mol. The number of carbonyl (C=O) groups is 1. The van der Waals surface area contributed by atoms with Crippen LogP contribution in [0.2, 0.25) is 0 Å². The van der Waals surface area contributed by atoms with Gasteiger partial charge in [0.05, 0.1) is 18.9 Å². The predicted octanol–water partition coefficient (Wildman–Crippen LogP) is 2.48. The lowest BCUT2D eigenvalue weighted by Gasteiger charge is -2.07. The monoisotopic (exact) mass is 357 g/mol. The van der Waals surface area contributed by atoms with Crippen molar-refractivity contribution >= 4 is 29.5 Å². The van der Waals surface area contributed by atoms with Crippen LogP contribution < -0.4 is 15.5 Å². The first-order valence-electron chi connectivity index (χ1n) is 7.53. The van der Waals surface area contributed by atoms with Gasteiger partial charge in [-0.15, -0.1) is 0 Å². The average Bonchev–Trinajstić information content (AvgIpc) is 2.67. The van der Waals surface area contributed by atoms with E-state index in [4.69, 9.17) is 17.0 Å². The van der Waals surface area contributed by atoms with E-state index in [1.807, 2.05) is 36.4 Å². The number of rotatable bonds is 6. The van der Waals surface area contributed by atoms with E-state index in [1.165, 1.54) is 7.11 Å². The van der Waals surface area contributed by atoms with Crippen LogP contribution in [0, 0.1) is 0 Å². The summed E-state index contributed by atoms with van der Waals surface area (Å²) in [6.45, 7) is 0.410. The molecule has 0 heterocycles. The Morgan fingerprint density at radius 2 is 1.84 bits per heavy atom. The normalized spacial score (nSPS) is 10.3. The fraction of sp³-hybridized carbons (Fsp3) is 0.167. The Hall–Kier alpha value is -2.93. The van der Waals surface area contributed by atoms with Crippen LogP contribution in [0.1, 0.15) is 21.5 Å². The third kappa shape index (κ3) is 5.89. The third-order valence-electron chi connectivity index (χ3n) is 3.27. The van der Waals surface area contributed by atoms with E-state index in [0.29, 0.717) is 17.3 Å². The number of ether oxygens (including phenoxy) is 2. The van der Waals surface area contributed by atoms with E-state index in [0.717, 1.165) is 16.9 Å². The molecule has 0 radical (unpaired) electrons. The number of hydrogen-bond donors (Lipinski definition) is 2. The van der Waals surface area contributed by atoms with Gasteiger partial charge in [-0.05, 0) is 59.7 Å². The number of methoxy groups -OCH3 is 1. The summed E-state index contributed by atoms with van der Waals surface area (Å²) in [6.07, 6.45) is 1.67. The molecule has 0 fully saturated rings. The molecule has 0 spiro atoms. The number of benzene rings is 2. The van der Waals surface area contributed by atoms with Crippen LogP contribution in [-0.2, 0) is 11.3 Å². The van der Waals surface area contributed by atoms with Crippen molar-refractivity contribution < 1.29 is 14.3 Å². The van der Waals surface area contributed by atoms with Crippen LogP contribution in [-0.4, -0.2) is 31.5 Å². The van der Waals surface area contributed by atoms with Crippen LogP contribution in [0.5, 0.6) is 5.75 Å². The Morgan fingerprint density at radius 1 is 1.16 bits per heavy atom. The molecule has 0 bridgehead atoms. The molecule has 2 aromatic carbocycles. The molecule has 0 aliphatic rings. The lowest BCUT2D eigenvalue weighted by atomic mass is 10.1. The van der Waals surface area contributed by atoms with Crippen molar-refractivity contribution in [1.82, 2.24) is 10.7 Å². The highest BCUT2D eigenvalue weighted by molar-refractivity contribution is 7.80. The summed E-state index contributed by atoms with van der Waals surface area (Å²) in [5, 5.41) is 7.23. The SMILES string of the molecule is CNC(=S)N/N=C/c1ccc(OCc2ccc(C(=O)OC)cc2)cc1. The molecule has 6 nitrogen and oxygen atoms in total. The molecule has 0 saturated carbocycles. The maximum absolute atomic E-state index is 11.4. The largest absolute Gasteiger partial charge is 0.489 e. The van der Waals surface area contributed by atoms with Crippen molar-refractivity contribution in [2.24, 2.45) is 5.10 Å². The van der Waals surface area contributed by atoms with Crippen LogP contribution in [0.3, 0.4) is 0 Å². The molecule has 130 valence electrons. The average molecular weight is 357 g/mol. The zero-order valence-corrected chi connectivity index (χ0v) is 14.8. The molecule has 0 aliphatic heterocycles. The van der Waals surface area contributed by atoms with Gasteiger partial charge in [-0.3, -0.25) is 5.43 Å². The maximum Gasteiger partial charge on any atom is 0.337 e. The summed E-state index contributed by atoms with van der Waals surface area (Å²) < 4.78 is 10.4. The Kier molecular flexibility index (Phi) is 6.91. The molecule has 7 heteroatoms. The zero-order chi connectivity index (χ0) is 18.1. The Labute approximate surface area is 151 Å². The first-order chi connectivity index (χ1) is 12.1. The van der Waals surface area contributed by atoms with Gasteiger partial charge in [-0.2, -0.15) is 5.10 Å². The maximum atomic E-state index is 11.4. The second-order valence-electron chi connectivity index (χ2n) is 5.00. The minimum Gasteiger partial charge on any atom is -0.489 e. The van der Waals surface area contributed by atoms with E-state index in [1.54, 1.807) is 25.4 Å². The number of hydrogen-bond acceptors (Lipinski definition) is 5. The number of esters is 1. The Bertz CT molecular complexity index is 743. The second-order valence-corrected chi connectivity index (χ2v) is 5.40. The second kappa shape index (κ2) is 9.39. The molecular formula is C18H19N3O3S. The van der Waals surface area contributed by atoms with E-state index in [9.17, 15) is 4.79 Å². The fourth-order valence-corrected chi connectivity index (χ4v) is 1.95. The number of thiocarbonyl (C=S) groups is 1. The van der Waals surface area contributed by atoms with Crippen molar-refractivity contribution in [3.63, 3.8) is 0 Å². The molecule has 0 atom stereocenters. The molecule has 0 amide bonds. The molecule has 0 saturated heterocycles. The minimum absolute atomic E-state index is 0.352. The quantitative estimate of drug-likeness (QED) is 0.358. The minimum atomic E-state index is -0.352. The highest BCUT2D eigenvalue weighted by Gasteiger charge is 2.04. The van der Waals surface area contributed by atoms with E-state index in [-0.39, 0.29) is 5.97 Å². The first-order valence-corrected chi connectivity index (χ1v) is 7.94. The number of hydrazone groups is 1. The van der Waals surface area contributed by atoms with Crippen molar-refractivity contribution in [3.05, 3.63) is 65.2 Å². The van der Waals surface area contributed by atoms with Crippen molar-refractivity contribution in [1.29, 1.82) is 0 Å². The Balaban J connectivity index is 1.87. The zero-order valence-electron chi connectivity index (χ0n) is 14.0. The lowest BCUT2D eigenvalue weighted by molar-refractivity contribution is 0.0600. The highest BCUT2D eigenvalue weighted by atomic mass is 32.1. The summed E-state index contributed by atoms with van der Waals surface area (Å²) in [5.41, 5.74) is 5.08. The predicted molar refractivity (Wildman–Crippen MR) is 101 cm³/mol. The number of carbonyl (C=O) groups excluding carboxylic acids is 1. The lowest BCUT2D eigenvalue weighted by Crippen LogP contribution is -2.28. The topological polar surface area (TPSA) is 72.0 Å². The van der Waals surface area contributed by atoms with Gasteiger partial charge in [-0.1, -0.05) is 12.1 Å². The summed E-state index contributed by atoms with van der Waals surface area (Å²) in [5.74, 6) is 0.391. The molecule has 0 aliphatic carbocycles. The third-order valence-corrected chi connectivity index (χ3v) is 3.56. The molecule has 2 rings (SSSR count). The van der Waals surface area contributed by atoms with E-state index >= 15 is 0 Å². The van der Waals surface area contributed by atoms with E-state index in [2.05, 4.69) is 20.6 Å². The van der Waals surface area contributed by atoms with Crippen LogP contribution in [0.25, 0.3) is 0 Å². The van der Waals surface area contributed by atoms with Gasteiger partial charge in [0, 0.05) is 7.05 Å².